The highest BCUT2D eigenvalue weighted by molar-refractivity contribution is 5.77. The van der Waals surface area contributed by atoms with Gasteiger partial charge in [0.25, 0.3) is 0 Å². The van der Waals surface area contributed by atoms with E-state index in [0.29, 0.717) is 13.0 Å². The topological polar surface area (TPSA) is 58.4 Å². The van der Waals surface area contributed by atoms with Crippen molar-refractivity contribution in [2.24, 2.45) is 11.1 Å². The largest absolute Gasteiger partial charge is 0.348 e. The molecule has 1 fully saturated rings. The Labute approximate surface area is 140 Å². The maximum Gasteiger partial charge on any atom is 0.221 e. The van der Waals surface area contributed by atoms with Gasteiger partial charge in [0.1, 0.15) is 0 Å². The fourth-order valence-corrected chi connectivity index (χ4v) is 3.63. The number of nitrogens with one attached hydrogen (secondary N) is 1. The third-order valence-electron chi connectivity index (χ3n) is 4.97. The molecule has 1 amide bonds. The van der Waals surface area contributed by atoms with E-state index in [4.69, 9.17) is 5.73 Å². The summed E-state index contributed by atoms with van der Waals surface area (Å²) < 4.78 is 0. The van der Waals surface area contributed by atoms with Crippen molar-refractivity contribution in [3.8, 4) is 0 Å². The highest BCUT2D eigenvalue weighted by atomic mass is 16.1. The molecular weight excluding hydrogens is 286 g/mol. The predicted octanol–water partition coefficient (Wildman–Crippen LogP) is 2.70. The van der Waals surface area contributed by atoms with Crippen LogP contribution in [0.25, 0.3) is 0 Å². The van der Waals surface area contributed by atoms with Crippen LogP contribution in [-0.4, -0.2) is 38.0 Å². The highest BCUT2D eigenvalue weighted by Gasteiger charge is 2.33. The summed E-state index contributed by atoms with van der Waals surface area (Å²) in [6.07, 6.45) is 6.40. The van der Waals surface area contributed by atoms with Crippen LogP contribution in [0.1, 0.15) is 50.1 Å². The third-order valence-corrected chi connectivity index (χ3v) is 4.97. The van der Waals surface area contributed by atoms with E-state index in [0.717, 1.165) is 24.9 Å². The summed E-state index contributed by atoms with van der Waals surface area (Å²) in [4.78, 5) is 14.8. The number of amides is 1. The first-order valence-corrected chi connectivity index (χ1v) is 8.74. The van der Waals surface area contributed by atoms with E-state index in [1.807, 2.05) is 32.3 Å². The number of hydrogen-bond donors (Lipinski definition) is 2. The number of likely N-dealkylation sites (N-methyl/N-ethyl adjacent to an activating group) is 1. The lowest BCUT2D eigenvalue weighted by atomic mass is 9.71. The summed E-state index contributed by atoms with van der Waals surface area (Å²) >= 11 is 0. The molecule has 1 unspecified atom stereocenters. The van der Waals surface area contributed by atoms with Gasteiger partial charge in [0.05, 0.1) is 6.04 Å². The maximum atomic E-state index is 12.7. The highest BCUT2D eigenvalue weighted by Crippen LogP contribution is 2.38. The van der Waals surface area contributed by atoms with E-state index in [-0.39, 0.29) is 17.4 Å². The Hall–Kier alpha value is -1.39. The second-order valence-electron chi connectivity index (χ2n) is 7.23. The zero-order chi connectivity index (χ0) is 16.7. The van der Waals surface area contributed by atoms with Gasteiger partial charge >= 0.3 is 0 Å². The minimum absolute atomic E-state index is 0.0156. The molecular formula is C19H31N3O. The fourth-order valence-electron chi connectivity index (χ4n) is 3.63. The summed E-state index contributed by atoms with van der Waals surface area (Å²) in [6, 6.07) is 10.2. The summed E-state index contributed by atoms with van der Waals surface area (Å²) in [5.74, 6) is 0.132. The molecule has 1 atom stereocenters. The van der Waals surface area contributed by atoms with Crippen LogP contribution in [0.4, 0.5) is 0 Å². The molecule has 1 saturated carbocycles. The Morgan fingerprint density at radius 2 is 1.87 bits per heavy atom. The van der Waals surface area contributed by atoms with Crippen LogP contribution in [-0.2, 0) is 4.79 Å². The van der Waals surface area contributed by atoms with Gasteiger partial charge in [-0.25, -0.2) is 0 Å². The normalized spacial score (nSPS) is 18.6. The molecule has 128 valence electrons. The van der Waals surface area contributed by atoms with Crippen molar-refractivity contribution in [1.82, 2.24) is 10.2 Å². The van der Waals surface area contributed by atoms with Crippen molar-refractivity contribution in [3.05, 3.63) is 35.9 Å². The van der Waals surface area contributed by atoms with Gasteiger partial charge < -0.3 is 16.0 Å². The minimum Gasteiger partial charge on any atom is -0.348 e. The van der Waals surface area contributed by atoms with E-state index in [1.165, 1.54) is 19.3 Å². The molecule has 3 N–H and O–H groups in total. The predicted molar refractivity (Wildman–Crippen MR) is 95.1 cm³/mol. The van der Waals surface area contributed by atoms with E-state index in [1.54, 1.807) is 0 Å². The van der Waals surface area contributed by atoms with Crippen molar-refractivity contribution >= 4 is 5.91 Å². The minimum atomic E-state index is 0.0156. The summed E-state index contributed by atoms with van der Waals surface area (Å²) in [6.45, 7) is 1.41. The number of rotatable bonds is 7. The number of nitrogens with zero attached hydrogens (tertiary/aromatic N) is 1. The van der Waals surface area contributed by atoms with Gasteiger partial charge in [-0.2, -0.15) is 0 Å². The lowest BCUT2D eigenvalue weighted by Gasteiger charge is -2.36. The number of carbonyl (C=O) groups excluding carboxylic acids is 1. The van der Waals surface area contributed by atoms with Gasteiger partial charge in [-0.05, 0) is 44.5 Å². The molecule has 0 aliphatic heterocycles. The van der Waals surface area contributed by atoms with Crippen molar-refractivity contribution in [2.45, 2.75) is 44.6 Å². The molecule has 0 bridgehead atoms. The quantitative estimate of drug-likeness (QED) is 0.813. The molecule has 0 radical (unpaired) electrons. The number of carbonyl (C=O) groups is 1. The first-order valence-electron chi connectivity index (χ1n) is 8.74. The van der Waals surface area contributed by atoms with Gasteiger partial charge in [-0.15, -0.1) is 0 Å². The molecule has 1 aliphatic rings. The zero-order valence-corrected chi connectivity index (χ0v) is 14.6. The summed E-state index contributed by atoms with van der Waals surface area (Å²) in [5, 5.41) is 3.23. The Morgan fingerprint density at radius 3 is 2.43 bits per heavy atom. The second kappa shape index (κ2) is 8.46. The van der Waals surface area contributed by atoms with Crippen LogP contribution in [0, 0.1) is 5.41 Å². The molecule has 2 rings (SSSR count). The number of hydrogen-bond acceptors (Lipinski definition) is 3. The van der Waals surface area contributed by atoms with Gasteiger partial charge in [-0.1, -0.05) is 49.6 Å². The van der Waals surface area contributed by atoms with Gasteiger partial charge in [0.2, 0.25) is 5.91 Å². The van der Waals surface area contributed by atoms with Crippen molar-refractivity contribution in [2.75, 3.05) is 27.2 Å². The molecule has 4 heteroatoms. The molecule has 1 aliphatic carbocycles. The SMILES string of the molecule is CN(C)CC(NC(=O)CC1(CN)CCCCC1)c1ccccc1. The fraction of sp³-hybridized carbons (Fsp3) is 0.632. The van der Waals surface area contributed by atoms with Crippen LogP contribution < -0.4 is 11.1 Å². The van der Waals surface area contributed by atoms with Crippen molar-refractivity contribution in [3.63, 3.8) is 0 Å². The second-order valence-corrected chi connectivity index (χ2v) is 7.23. The Kier molecular flexibility index (Phi) is 6.60. The zero-order valence-electron chi connectivity index (χ0n) is 14.6. The van der Waals surface area contributed by atoms with Gasteiger partial charge in [0, 0.05) is 13.0 Å². The molecule has 4 nitrogen and oxygen atoms in total. The smallest absolute Gasteiger partial charge is 0.221 e. The number of nitrogens with two attached hydrogens (primary N) is 1. The monoisotopic (exact) mass is 317 g/mol. The Bertz CT molecular complexity index is 481. The standard InChI is InChI=1S/C19H31N3O/c1-22(2)14-17(16-9-5-3-6-10-16)21-18(23)13-19(15-20)11-7-4-8-12-19/h3,5-6,9-10,17H,4,7-8,11-15,20H2,1-2H3,(H,21,23). The average molecular weight is 317 g/mol. The molecule has 0 saturated heterocycles. The van der Waals surface area contributed by atoms with Crippen LogP contribution in [0.2, 0.25) is 0 Å². The van der Waals surface area contributed by atoms with Gasteiger partial charge in [0.15, 0.2) is 0 Å². The molecule has 23 heavy (non-hydrogen) atoms. The Balaban J connectivity index is 2.02. The molecule has 0 aromatic heterocycles. The molecule has 0 heterocycles. The summed E-state index contributed by atoms with van der Waals surface area (Å²) in [7, 11) is 4.06. The van der Waals surface area contributed by atoms with E-state index in [9.17, 15) is 4.79 Å². The van der Waals surface area contributed by atoms with E-state index < -0.39 is 0 Å². The van der Waals surface area contributed by atoms with Crippen molar-refractivity contribution < 1.29 is 4.79 Å². The van der Waals surface area contributed by atoms with Crippen LogP contribution in [0.15, 0.2) is 30.3 Å². The molecule has 1 aromatic rings. The third kappa shape index (κ3) is 5.33. The average Bonchev–Trinajstić information content (AvgIpc) is 2.55. The van der Waals surface area contributed by atoms with Crippen LogP contribution in [0.5, 0.6) is 0 Å². The Morgan fingerprint density at radius 1 is 1.22 bits per heavy atom. The molecule has 1 aromatic carbocycles. The van der Waals surface area contributed by atoms with Crippen LogP contribution in [0.3, 0.4) is 0 Å². The first-order chi connectivity index (χ1) is 11.0. The van der Waals surface area contributed by atoms with Gasteiger partial charge in [-0.3, -0.25) is 4.79 Å². The summed E-state index contributed by atoms with van der Waals surface area (Å²) in [5.41, 5.74) is 7.19. The van der Waals surface area contributed by atoms with Crippen LogP contribution >= 0.6 is 0 Å². The van der Waals surface area contributed by atoms with E-state index in [2.05, 4.69) is 22.3 Å². The maximum absolute atomic E-state index is 12.7. The lowest BCUT2D eigenvalue weighted by molar-refractivity contribution is -0.124. The number of benzene rings is 1. The first kappa shape index (κ1) is 18.0. The van der Waals surface area contributed by atoms with Crippen molar-refractivity contribution in [1.29, 1.82) is 0 Å². The lowest BCUT2D eigenvalue weighted by Crippen LogP contribution is -2.41. The van der Waals surface area contributed by atoms with E-state index >= 15 is 0 Å². The molecule has 0 spiro atoms.